The van der Waals surface area contributed by atoms with Gasteiger partial charge in [-0.25, -0.2) is 14.2 Å². The van der Waals surface area contributed by atoms with Crippen LogP contribution in [0.25, 0.3) is 39.1 Å². The van der Waals surface area contributed by atoms with Gasteiger partial charge < -0.3 is 19.7 Å². The fourth-order valence-electron chi connectivity index (χ4n) is 6.15. The lowest BCUT2D eigenvalue weighted by Crippen LogP contribution is -2.49. The number of piperidine rings is 1. The second kappa shape index (κ2) is 9.12. The topological polar surface area (TPSA) is 106 Å². The van der Waals surface area contributed by atoms with Gasteiger partial charge in [-0.2, -0.15) is 0 Å². The molecular formula is C28H29FN8O2. The summed E-state index contributed by atoms with van der Waals surface area (Å²) in [6, 6.07) is 9.11. The van der Waals surface area contributed by atoms with E-state index < -0.39 is 5.82 Å². The fraction of sp³-hybridized carbons (Fsp3) is 0.321. The second-order valence-electron chi connectivity index (χ2n) is 10.4. The number of hydrogen-bond acceptors (Lipinski definition) is 4. The number of imidazole rings is 1. The van der Waals surface area contributed by atoms with Gasteiger partial charge in [-0.15, -0.1) is 0 Å². The summed E-state index contributed by atoms with van der Waals surface area (Å²) in [6.07, 6.45) is 7.35. The van der Waals surface area contributed by atoms with Crippen LogP contribution >= 0.6 is 0 Å². The molecule has 10 nitrogen and oxygen atoms in total. The van der Waals surface area contributed by atoms with Gasteiger partial charge in [-0.05, 0) is 49.7 Å². The Bertz CT molecular complexity index is 1770. The molecule has 39 heavy (non-hydrogen) atoms. The Kier molecular flexibility index (Phi) is 5.55. The van der Waals surface area contributed by atoms with E-state index in [2.05, 4.69) is 20.5 Å². The van der Waals surface area contributed by atoms with E-state index in [1.165, 1.54) is 12.1 Å². The maximum Gasteiger partial charge on any atom is 0.320 e. The molecule has 1 aromatic carbocycles. The summed E-state index contributed by atoms with van der Waals surface area (Å²) in [7, 11) is 1.96. The van der Waals surface area contributed by atoms with Crippen molar-refractivity contribution in [3.8, 4) is 22.5 Å². The third kappa shape index (κ3) is 3.84. The van der Waals surface area contributed by atoms with Crippen LogP contribution in [0.1, 0.15) is 18.4 Å². The van der Waals surface area contributed by atoms with Gasteiger partial charge in [0.25, 0.3) is 5.56 Å². The molecule has 4 aromatic heterocycles. The van der Waals surface area contributed by atoms with E-state index >= 15 is 4.39 Å². The molecule has 1 fully saturated rings. The van der Waals surface area contributed by atoms with Gasteiger partial charge in [0.1, 0.15) is 11.5 Å². The first-order valence-corrected chi connectivity index (χ1v) is 13.3. The number of nitrogens with one attached hydrogen (secondary N) is 3. The monoisotopic (exact) mass is 528 g/mol. The van der Waals surface area contributed by atoms with Crippen LogP contribution in [0.5, 0.6) is 0 Å². The van der Waals surface area contributed by atoms with Gasteiger partial charge in [-0.1, -0.05) is 6.07 Å². The Balaban J connectivity index is 1.29. The number of carbonyl (C=O) groups excluding carboxylic acids is 1. The van der Waals surface area contributed by atoms with E-state index in [1.54, 1.807) is 6.20 Å². The van der Waals surface area contributed by atoms with Gasteiger partial charge in [-0.3, -0.25) is 19.4 Å². The predicted octanol–water partition coefficient (Wildman–Crippen LogP) is 3.40. The molecule has 0 radical (unpaired) electrons. The maximum absolute atomic E-state index is 15.1. The number of halogens is 1. The minimum Gasteiger partial charge on any atom is -0.345 e. The zero-order chi connectivity index (χ0) is 26.7. The Morgan fingerprint density at radius 2 is 1.95 bits per heavy atom. The number of nitrogens with zero attached hydrogens (tertiary/aromatic N) is 5. The fourth-order valence-corrected chi connectivity index (χ4v) is 6.15. The van der Waals surface area contributed by atoms with Crippen LogP contribution < -0.4 is 10.9 Å². The average Bonchev–Trinajstić information content (AvgIpc) is 3.61. The summed E-state index contributed by atoms with van der Waals surface area (Å²) in [4.78, 5) is 34.8. The van der Waals surface area contributed by atoms with Crippen LogP contribution in [0.3, 0.4) is 0 Å². The number of benzene rings is 1. The predicted molar refractivity (Wildman–Crippen MR) is 146 cm³/mol. The van der Waals surface area contributed by atoms with Crippen LogP contribution in [-0.4, -0.2) is 72.7 Å². The normalized spacial score (nSPS) is 16.4. The third-order valence-corrected chi connectivity index (χ3v) is 8.15. The molecule has 0 atom stereocenters. The molecule has 0 aliphatic carbocycles. The van der Waals surface area contributed by atoms with Gasteiger partial charge in [0, 0.05) is 62.1 Å². The molecule has 2 aliphatic heterocycles. The van der Waals surface area contributed by atoms with Crippen LogP contribution in [-0.2, 0) is 13.1 Å². The number of carbonyl (C=O) groups is 1. The number of aromatic amines is 2. The van der Waals surface area contributed by atoms with Crippen LogP contribution in [0.4, 0.5) is 9.18 Å². The molecular weight excluding hydrogens is 499 g/mol. The van der Waals surface area contributed by atoms with E-state index in [0.29, 0.717) is 61.0 Å². The molecule has 0 spiro atoms. The second-order valence-corrected chi connectivity index (χ2v) is 10.4. The lowest BCUT2D eigenvalue weighted by molar-refractivity contribution is 0.135. The molecule has 0 unspecified atom stereocenters. The highest BCUT2D eigenvalue weighted by molar-refractivity contribution is 6.00. The van der Waals surface area contributed by atoms with Crippen LogP contribution in [0.2, 0.25) is 0 Å². The molecule has 2 aliphatic rings. The highest BCUT2D eigenvalue weighted by atomic mass is 19.1. The Morgan fingerprint density at radius 3 is 2.77 bits per heavy atom. The smallest absolute Gasteiger partial charge is 0.320 e. The van der Waals surface area contributed by atoms with Crippen molar-refractivity contribution in [2.75, 3.05) is 26.7 Å². The van der Waals surface area contributed by atoms with Crippen molar-refractivity contribution in [1.82, 2.24) is 39.3 Å². The molecule has 0 bridgehead atoms. The van der Waals surface area contributed by atoms with E-state index in [-0.39, 0.29) is 11.6 Å². The van der Waals surface area contributed by atoms with Gasteiger partial charge >= 0.3 is 6.03 Å². The van der Waals surface area contributed by atoms with E-state index in [4.69, 9.17) is 0 Å². The molecule has 6 heterocycles. The SMILES string of the molecule is CNC1CCN(C(=O)N2CCn3cc(-c4c(-c5cnc6ccccn56)[nH][nH]c4=O)c4cc(F)cc(c43)C2)CC1. The minimum absolute atomic E-state index is 0.00934. The molecule has 7 rings (SSSR count). The molecule has 200 valence electrons. The summed E-state index contributed by atoms with van der Waals surface area (Å²) < 4.78 is 19.0. The molecule has 2 amide bonds. The lowest BCUT2D eigenvalue weighted by atomic mass is 10.0. The average molecular weight is 529 g/mol. The first kappa shape index (κ1) is 23.7. The van der Waals surface area contributed by atoms with Gasteiger partial charge in [0.2, 0.25) is 0 Å². The number of urea groups is 1. The Hall–Kier alpha value is -4.38. The third-order valence-electron chi connectivity index (χ3n) is 8.15. The van der Waals surface area contributed by atoms with Crippen molar-refractivity contribution in [3.63, 3.8) is 0 Å². The van der Waals surface area contributed by atoms with Gasteiger partial charge in [0.05, 0.1) is 28.7 Å². The molecule has 0 saturated carbocycles. The summed E-state index contributed by atoms with van der Waals surface area (Å²) in [5.41, 5.74) is 4.43. The number of rotatable bonds is 3. The zero-order valence-electron chi connectivity index (χ0n) is 21.6. The number of pyridine rings is 1. The molecule has 1 saturated heterocycles. The van der Waals surface area contributed by atoms with Crippen molar-refractivity contribution in [3.05, 3.63) is 70.7 Å². The number of H-pyrrole nitrogens is 2. The van der Waals surface area contributed by atoms with E-state index in [0.717, 1.165) is 35.3 Å². The molecule has 3 N–H and O–H groups in total. The summed E-state index contributed by atoms with van der Waals surface area (Å²) in [5, 5.41) is 9.68. The zero-order valence-corrected chi connectivity index (χ0v) is 21.6. The van der Waals surface area contributed by atoms with E-state index in [9.17, 15) is 9.59 Å². The minimum atomic E-state index is -0.399. The van der Waals surface area contributed by atoms with Crippen LogP contribution in [0.15, 0.2) is 53.7 Å². The Morgan fingerprint density at radius 1 is 1.10 bits per heavy atom. The maximum atomic E-state index is 15.1. The Labute approximate surface area is 223 Å². The van der Waals surface area contributed by atoms with E-state index in [1.807, 2.05) is 56.4 Å². The van der Waals surface area contributed by atoms with Crippen molar-refractivity contribution < 1.29 is 9.18 Å². The molecule has 5 aromatic rings. The number of hydrogen-bond donors (Lipinski definition) is 3. The first-order valence-electron chi connectivity index (χ1n) is 13.3. The standard InChI is InChI=1S/C28H29FN8O2/c1-30-19-5-8-34(9-6-19)28(39)36-11-10-35-16-21(20-13-18(29)12-17(15-36)26(20)35)24-25(32-33-27(24)38)22-14-31-23-4-2-3-7-37(22)23/h2-4,7,12-14,16,19,30H,5-6,8-11,15H2,1H3,(H2,32,33,38). The van der Waals surface area contributed by atoms with Crippen LogP contribution in [0, 0.1) is 5.82 Å². The number of likely N-dealkylation sites (tertiary alicyclic amines) is 1. The lowest BCUT2D eigenvalue weighted by Gasteiger charge is -2.35. The first-order chi connectivity index (χ1) is 19.0. The van der Waals surface area contributed by atoms with Crippen molar-refractivity contribution >= 4 is 22.6 Å². The highest BCUT2D eigenvalue weighted by Gasteiger charge is 2.30. The van der Waals surface area contributed by atoms with Crippen molar-refractivity contribution in [2.45, 2.75) is 32.0 Å². The summed E-state index contributed by atoms with van der Waals surface area (Å²) in [6.45, 7) is 2.76. The van der Waals surface area contributed by atoms with Gasteiger partial charge in [0.15, 0.2) is 0 Å². The highest BCUT2D eigenvalue weighted by Crippen LogP contribution is 2.37. The number of fused-ring (bicyclic) bond motifs is 1. The quantitative estimate of drug-likeness (QED) is 0.334. The molecule has 11 heteroatoms. The summed E-state index contributed by atoms with van der Waals surface area (Å²) in [5.74, 6) is -0.399. The largest absolute Gasteiger partial charge is 0.345 e. The van der Waals surface area contributed by atoms with Crippen molar-refractivity contribution in [1.29, 1.82) is 0 Å². The number of aromatic nitrogens is 5. The summed E-state index contributed by atoms with van der Waals surface area (Å²) >= 11 is 0. The number of amides is 2. The van der Waals surface area contributed by atoms with Crippen molar-refractivity contribution in [2.24, 2.45) is 0 Å².